The van der Waals surface area contributed by atoms with E-state index in [0.29, 0.717) is 5.92 Å². The normalized spacial score (nSPS) is 17.1. The van der Waals surface area contributed by atoms with E-state index >= 15 is 0 Å². The number of rotatable bonds is 10. The lowest BCUT2D eigenvalue weighted by Crippen LogP contribution is -2.53. The maximum atomic E-state index is 12.8. The fourth-order valence-electron chi connectivity index (χ4n) is 4.80. The maximum absolute atomic E-state index is 12.8. The molecular formula is C26H30N2O6. The molecule has 0 heterocycles. The van der Waals surface area contributed by atoms with Crippen molar-refractivity contribution in [3.05, 3.63) is 59.7 Å². The van der Waals surface area contributed by atoms with Gasteiger partial charge in [0.05, 0.1) is 18.6 Å². The molecule has 0 spiro atoms. The first kappa shape index (κ1) is 23.8. The summed E-state index contributed by atoms with van der Waals surface area (Å²) in [6.07, 6.45) is 0.541. The van der Waals surface area contributed by atoms with Crippen molar-refractivity contribution in [3.8, 4) is 11.1 Å². The summed E-state index contributed by atoms with van der Waals surface area (Å²) >= 11 is 0. The Bertz CT molecular complexity index is 1020. The number of aliphatic carboxylic acids is 1. The van der Waals surface area contributed by atoms with Gasteiger partial charge in [-0.25, -0.2) is 4.79 Å². The van der Waals surface area contributed by atoms with E-state index in [4.69, 9.17) is 9.47 Å². The lowest BCUT2D eigenvalue weighted by atomic mass is 9.98. The first-order valence-corrected chi connectivity index (χ1v) is 11.6. The van der Waals surface area contributed by atoms with E-state index in [-0.39, 0.29) is 24.7 Å². The minimum absolute atomic E-state index is 0.0745. The molecule has 2 aliphatic rings. The number of carboxylic acid groups (broad SMARTS) is 1. The van der Waals surface area contributed by atoms with Gasteiger partial charge in [0.15, 0.2) is 0 Å². The number of carboxylic acids is 1. The lowest BCUT2D eigenvalue weighted by molar-refractivity contribution is -0.140. The Labute approximate surface area is 198 Å². The first-order valence-electron chi connectivity index (χ1n) is 11.6. The second-order valence-corrected chi connectivity index (χ2v) is 8.96. The molecule has 0 aliphatic heterocycles. The average molecular weight is 467 g/mol. The SMILES string of the molecule is COC(C1CC1)C(C)NC(=O)C(CC(=O)O)NC(=O)OCC1c2ccccc2-c2ccccc21. The number of benzene rings is 2. The number of fused-ring (bicyclic) bond motifs is 3. The summed E-state index contributed by atoms with van der Waals surface area (Å²) in [7, 11) is 1.59. The third-order valence-corrected chi connectivity index (χ3v) is 6.55. The topological polar surface area (TPSA) is 114 Å². The van der Waals surface area contributed by atoms with Crippen LogP contribution in [0.5, 0.6) is 0 Å². The van der Waals surface area contributed by atoms with Gasteiger partial charge >= 0.3 is 12.1 Å². The van der Waals surface area contributed by atoms with Gasteiger partial charge in [-0.3, -0.25) is 9.59 Å². The van der Waals surface area contributed by atoms with Crippen molar-refractivity contribution >= 4 is 18.0 Å². The number of hydrogen-bond donors (Lipinski definition) is 3. The summed E-state index contributed by atoms with van der Waals surface area (Å²) in [6.45, 7) is 1.89. The Morgan fingerprint density at radius 1 is 1.00 bits per heavy atom. The Balaban J connectivity index is 1.39. The Morgan fingerprint density at radius 3 is 2.12 bits per heavy atom. The fourth-order valence-corrected chi connectivity index (χ4v) is 4.80. The summed E-state index contributed by atoms with van der Waals surface area (Å²) in [4.78, 5) is 36.7. The van der Waals surface area contributed by atoms with E-state index in [1.54, 1.807) is 7.11 Å². The molecule has 2 aliphatic carbocycles. The molecule has 0 radical (unpaired) electrons. The second kappa shape index (κ2) is 10.3. The van der Waals surface area contributed by atoms with Crippen LogP contribution < -0.4 is 10.6 Å². The van der Waals surface area contributed by atoms with Gasteiger partial charge < -0.3 is 25.2 Å². The van der Waals surface area contributed by atoms with Gasteiger partial charge in [-0.1, -0.05) is 48.5 Å². The molecule has 1 saturated carbocycles. The molecular weight excluding hydrogens is 436 g/mol. The largest absolute Gasteiger partial charge is 0.481 e. The van der Waals surface area contributed by atoms with Gasteiger partial charge in [-0.2, -0.15) is 0 Å². The van der Waals surface area contributed by atoms with E-state index in [1.807, 2.05) is 55.5 Å². The molecule has 2 amide bonds. The quantitative estimate of drug-likeness (QED) is 0.495. The minimum Gasteiger partial charge on any atom is -0.481 e. The summed E-state index contributed by atoms with van der Waals surface area (Å²) in [5, 5.41) is 14.5. The smallest absolute Gasteiger partial charge is 0.407 e. The van der Waals surface area contributed by atoms with Gasteiger partial charge in [-0.05, 0) is 47.9 Å². The van der Waals surface area contributed by atoms with Crippen LogP contribution in [0, 0.1) is 5.92 Å². The third kappa shape index (κ3) is 5.22. The zero-order valence-corrected chi connectivity index (χ0v) is 19.3. The molecule has 3 N–H and O–H groups in total. The van der Waals surface area contributed by atoms with Crippen molar-refractivity contribution in [1.29, 1.82) is 0 Å². The van der Waals surface area contributed by atoms with Crippen molar-refractivity contribution in [2.24, 2.45) is 5.92 Å². The highest BCUT2D eigenvalue weighted by molar-refractivity contribution is 5.89. The van der Waals surface area contributed by atoms with Crippen LogP contribution in [0.25, 0.3) is 11.1 Å². The molecule has 180 valence electrons. The Morgan fingerprint density at radius 2 is 1.59 bits per heavy atom. The van der Waals surface area contributed by atoms with Gasteiger partial charge in [0, 0.05) is 13.0 Å². The number of carbonyl (C=O) groups is 3. The van der Waals surface area contributed by atoms with Crippen molar-refractivity contribution in [1.82, 2.24) is 10.6 Å². The predicted molar refractivity (Wildman–Crippen MR) is 125 cm³/mol. The summed E-state index contributed by atoms with van der Waals surface area (Å²) in [5.74, 6) is -1.53. The molecule has 1 fully saturated rings. The van der Waals surface area contributed by atoms with E-state index < -0.39 is 30.4 Å². The van der Waals surface area contributed by atoms with Crippen LogP contribution in [0.3, 0.4) is 0 Å². The van der Waals surface area contributed by atoms with Gasteiger partial charge in [-0.15, -0.1) is 0 Å². The highest BCUT2D eigenvalue weighted by atomic mass is 16.5. The van der Waals surface area contributed by atoms with E-state index in [0.717, 1.165) is 35.1 Å². The molecule has 2 aromatic rings. The van der Waals surface area contributed by atoms with E-state index in [9.17, 15) is 19.5 Å². The molecule has 8 heteroatoms. The number of hydrogen-bond acceptors (Lipinski definition) is 5. The van der Waals surface area contributed by atoms with Gasteiger partial charge in [0.25, 0.3) is 0 Å². The number of carbonyl (C=O) groups excluding carboxylic acids is 2. The average Bonchev–Trinajstić information content (AvgIpc) is 3.59. The van der Waals surface area contributed by atoms with Crippen molar-refractivity contribution < 1.29 is 29.0 Å². The Kier molecular flexibility index (Phi) is 7.17. The zero-order chi connectivity index (χ0) is 24.2. The van der Waals surface area contributed by atoms with E-state index in [2.05, 4.69) is 10.6 Å². The number of ether oxygens (including phenoxy) is 2. The number of alkyl carbamates (subject to hydrolysis) is 1. The van der Waals surface area contributed by atoms with Crippen molar-refractivity contribution in [3.63, 3.8) is 0 Å². The predicted octanol–water partition coefficient (Wildman–Crippen LogP) is 3.30. The number of amides is 2. The van der Waals surface area contributed by atoms with Crippen LogP contribution in [0.15, 0.2) is 48.5 Å². The summed E-state index contributed by atoms with van der Waals surface area (Å²) in [6, 6.07) is 14.4. The van der Waals surface area contributed by atoms with Crippen LogP contribution in [0.1, 0.15) is 43.2 Å². The maximum Gasteiger partial charge on any atom is 0.407 e. The zero-order valence-electron chi connectivity index (χ0n) is 19.3. The first-order chi connectivity index (χ1) is 16.4. The van der Waals surface area contributed by atoms with Gasteiger partial charge in [0.2, 0.25) is 5.91 Å². The summed E-state index contributed by atoms with van der Waals surface area (Å²) < 4.78 is 11.0. The van der Waals surface area contributed by atoms with Crippen LogP contribution >= 0.6 is 0 Å². The molecule has 8 nitrogen and oxygen atoms in total. The third-order valence-electron chi connectivity index (χ3n) is 6.55. The molecule has 34 heavy (non-hydrogen) atoms. The number of nitrogens with one attached hydrogen (secondary N) is 2. The van der Waals surface area contributed by atoms with E-state index in [1.165, 1.54) is 0 Å². The lowest BCUT2D eigenvalue weighted by Gasteiger charge is -2.26. The standard InChI is InChI=1S/C26H30N2O6/c1-15(24(33-2)16-11-12-16)27-25(31)22(13-23(29)30)28-26(32)34-14-21-19-9-5-3-7-17(19)18-8-4-6-10-20(18)21/h3-10,15-16,21-22,24H,11-14H2,1-2H3,(H,27,31)(H,28,32)(H,29,30). The molecule has 0 bridgehead atoms. The van der Waals surface area contributed by atoms with Crippen LogP contribution in [0.4, 0.5) is 4.79 Å². The van der Waals surface area contributed by atoms with Gasteiger partial charge in [0.1, 0.15) is 12.6 Å². The molecule has 4 rings (SSSR count). The van der Waals surface area contributed by atoms with Crippen LogP contribution in [-0.2, 0) is 19.1 Å². The highest BCUT2D eigenvalue weighted by Crippen LogP contribution is 2.44. The van der Waals surface area contributed by atoms with Crippen molar-refractivity contribution in [2.45, 2.75) is 50.3 Å². The molecule has 3 unspecified atom stereocenters. The number of methoxy groups -OCH3 is 1. The fraction of sp³-hybridized carbons (Fsp3) is 0.423. The van der Waals surface area contributed by atoms with Crippen LogP contribution in [-0.4, -0.2) is 55.0 Å². The highest BCUT2D eigenvalue weighted by Gasteiger charge is 2.37. The minimum atomic E-state index is -1.26. The van der Waals surface area contributed by atoms with Crippen LogP contribution in [0.2, 0.25) is 0 Å². The molecule has 2 aromatic carbocycles. The second-order valence-electron chi connectivity index (χ2n) is 8.96. The summed E-state index contributed by atoms with van der Waals surface area (Å²) in [5.41, 5.74) is 4.34. The molecule has 3 atom stereocenters. The molecule has 0 aromatic heterocycles. The Hall–Kier alpha value is -3.39. The molecule has 0 saturated heterocycles. The monoisotopic (exact) mass is 466 g/mol. The van der Waals surface area contributed by atoms with Crippen molar-refractivity contribution in [2.75, 3.05) is 13.7 Å².